The number of ketones is 1. The second-order valence-electron chi connectivity index (χ2n) is 7.90. The third-order valence-electron chi connectivity index (χ3n) is 5.93. The van der Waals surface area contributed by atoms with Crippen LogP contribution in [0.15, 0.2) is 12.2 Å². The van der Waals surface area contributed by atoms with E-state index in [0.29, 0.717) is 38.5 Å². The van der Waals surface area contributed by atoms with Crippen molar-refractivity contribution in [2.45, 2.75) is 87.2 Å². The standard InChI is InChI=1S/C21H32F2O4S/c1-3-4-12-20(22,23)21(26)13-11-16-15(17(24)14-18(16)28-21)9-7-5-6-8-10-19(25)27-2/h5,7,15-16,18,26H,3-4,6,8-14H2,1-2H3/b7-5+. The minimum absolute atomic E-state index is 0.0299. The van der Waals surface area contributed by atoms with Gasteiger partial charge in [-0.15, -0.1) is 11.8 Å². The molecule has 4 atom stereocenters. The highest BCUT2D eigenvalue weighted by Crippen LogP contribution is 2.56. The lowest BCUT2D eigenvalue weighted by Crippen LogP contribution is -2.50. The van der Waals surface area contributed by atoms with Gasteiger partial charge < -0.3 is 9.84 Å². The van der Waals surface area contributed by atoms with Crippen LogP contribution >= 0.6 is 11.8 Å². The molecule has 0 amide bonds. The SMILES string of the molecule is CCCCC(F)(F)C1(O)CCC2C(CC(=O)C2C/C=C/CCCC(=O)OC)S1. The number of esters is 1. The highest BCUT2D eigenvalue weighted by Gasteiger charge is 2.59. The number of alkyl halides is 2. The number of rotatable bonds is 10. The maximum absolute atomic E-state index is 14.5. The zero-order chi connectivity index (χ0) is 20.8. The fourth-order valence-corrected chi connectivity index (χ4v) is 5.94. The van der Waals surface area contributed by atoms with Gasteiger partial charge in [-0.25, -0.2) is 8.78 Å². The molecule has 0 spiro atoms. The Morgan fingerprint density at radius 1 is 1.39 bits per heavy atom. The molecule has 4 nitrogen and oxygen atoms in total. The first-order valence-corrected chi connectivity index (χ1v) is 11.1. The molecule has 0 radical (unpaired) electrons. The number of methoxy groups -OCH3 is 1. The van der Waals surface area contributed by atoms with Crippen LogP contribution in [0, 0.1) is 11.8 Å². The van der Waals surface area contributed by atoms with Gasteiger partial charge in [0, 0.05) is 30.4 Å². The third kappa shape index (κ3) is 5.56. The molecule has 1 heterocycles. The van der Waals surface area contributed by atoms with E-state index in [0.717, 1.165) is 18.2 Å². The van der Waals surface area contributed by atoms with Crippen molar-refractivity contribution in [1.82, 2.24) is 0 Å². The van der Waals surface area contributed by atoms with E-state index in [1.807, 2.05) is 19.1 Å². The second-order valence-corrected chi connectivity index (χ2v) is 9.42. The summed E-state index contributed by atoms with van der Waals surface area (Å²) in [5.41, 5.74) is 0. The normalized spacial score (nSPS) is 30.6. The Labute approximate surface area is 170 Å². The van der Waals surface area contributed by atoms with Gasteiger partial charge in [0.15, 0.2) is 4.93 Å². The smallest absolute Gasteiger partial charge is 0.305 e. The Balaban J connectivity index is 1.87. The molecule has 1 aliphatic heterocycles. The summed E-state index contributed by atoms with van der Waals surface area (Å²) >= 11 is 0.932. The van der Waals surface area contributed by atoms with E-state index < -0.39 is 10.9 Å². The van der Waals surface area contributed by atoms with Gasteiger partial charge in [0.25, 0.3) is 5.92 Å². The van der Waals surface area contributed by atoms with Crippen molar-refractivity contribution < 1.29 is 28.2 Å². The van der Waals surface area contributed by atoms with Crippen LogP contribution in [-0.4, -0.2) is 40.1 Å². The average Bonchev–Trinajstić information content (AvgIpc) is 2.96. The predicted molar refractivity (Wildman–Crippen MR) is 106 cm³/mol. The highest BCUT2D eigenvalue weighted by atomic mass is 32.2. The number of unbranched alkanes of at least 4 members (excludes halogenated alkanes) is 2. The first-order chi connectivity index (χ1) is 13.2. The van der Waals surface area contributed by atoms with Crippen LogP contribution < -0.4 is 0 Å². The van der Waals surface area contributed by atoms with Crippen molar-refractivity contribution >= 4 is 23.5 Å². The predicted octanol–water partition coefficient (Wildman–Crippen LogP) is 4.89. The minimum Gasteiger partial charge on any atom is -0.469 e. The number of thioether (sulfide) groups is 1. The van der Waals surface area contributed by atoms with Gasteiger partial charge in [0.1, 0.15) is 5.78 Å². The molecule has 1 aliphatic carbocycles. The molecule has 0 aromatic heterocycles. The Morgan fingerprint density at radius 2 is 2.14 bits per heavy atom. The number of hydrogen-bond donors (Lipinski definition) is 1. The fraction of sp³-hybridized carbons (Fsp3) is 0.810. The summed E-state index contributed by atoms with van der Waals surface area (Å²) in [4.78, 5) is 21.5. The lowest BCUT2D eigenvalue weighted by molar-refractivity contribution is -0.142. The number of hydrogen-bond acceptors (Lipinski definition) is 5. The number of Topliss-reactive ketones (excluding diaryl/α,β-unsaturated/α-hetero) is 1. The quantitative estimate of drug-likeness (QED) is 0.311. The van der Waals surface area contributed by atoms with E-state index in [-0.39, 0.29) is 48.1 Å². The van der Waals surface area contributed by atoms with Crippen molar-refractivity contribution in [3.05, 3.63) is 12.2 Å². The van der Waals surface area contributed by atoms with Crippen LogP contribution in [0.5, 0.6) is 0 Å². The minimum atomic E-state index is -3.13. The van der Waals surface area contributed by atoms with Crippen LogP contribution in [0.3, 0.4) is 0 Å². The molecule has 1 N–H and O–H groups in total. The van der Waals surface area contributed by atoms with E-state index in [1.54, 1.807) is 0 Å². The molecular formula is C21H32F2O4S. The van der Waals surface area contributed by atoms with Crippen LogP contribution in [-0.2, 0) is 14.3 Å². The summed E-state index contributed by atoms with van der Waals surface area (Å²) in [5, 5.41) is 10.4. The van der Waals surface area contributed by atoms with E-state index in [1.165, 1.54) is 7.11 Å². The Morgan fingerprint density at radius 3 is 2.82 bits per heavy atom. The fourth-order valence-electron chi connectivity index (χ4n) is 4.18. The number of carbonyl (C=O) groups is 2. The Bertz CT molecular complexity index is 581. The first kappa shape index (κ1) is 23.3. The summed E-state index contributed by atoms with van der Waals surface area (Å²) in [6, 6.07) is 0. The molecule has 7 heteroatoms. The summed E-state index contributed by atoms with van der Waals surface area (Å²) in [6.45, 7) is 1.85. The van der Waals surface area contributed by atoms with Gasteiger partial charge >= 0.3 is 5.97 Å². The van der Waals surface area contributed by atoms with Crippen molar-refractivity contribution in [3.63, 3.8) is 0 Å². The Kier molecular flexibility index (Phi) is 8.49. The topological polar surface area (TPSA) is 63.6 Å². The van der Waals surface area contributed by atoms with E-state index in [4.69, 9.17) is 0 Å². The second kappa shape index (κ2) is 10.2. The number of aliphatic hydroxyl groups is 1. The van der Waals surface area contributed by atoms with Crippen LogP contribution in [0.2, 0.25) is 0 Å². The van der Waals surface area contributed by atoms with Gasteiger partial charge in [-0.3, -0.25) is 9.59 Å². The van der Waals surface area contributed by atoms with Gasteiger partial charge in [0.2, 0.25) is 0 Å². The van der Waals surface area contributed by atoms with Crippen LogP contribution in [0.25, 0.3) is 0 Å². The molecule has 160 valence electrons. The maximum Gasteiger partial charge on any atom is 0.305 e. The number of halogens is 2. The van der Waals surface area contributed by atoms with Gasteiger partial charge in [0.05, 0.1) is 7.11 Å². The molecule has 1 saturated carbocycles. The largest absolute Gasteiger partial charge is 0.469 e. The number of allylic oxidation sites excluding steroid dienone is 2. The molecule has 1 saturated heterocycles. The lowest BCUT2D eigenvalue weighted by atomic mass is 9.85. The third-order valence-corrected chi connectivity index (χ3v) is 7.64. The van der Waals surface area contributed by atoms with Crippen molar-refractivity contribution in [2.75, 3.05) is 7.11 Å². The van der Waals surface area contributed by atoms with E-state index >= 15 is 0 Å². The number of fused-ring (bicyclic) bond motifs is 1. The summed E-state index contributed by atoms with van der Waals surface area (Å²) in [6.07, 6.45) is 7.83. The summed E-state index contributed by atoms with van der Waals surface area (Å²) in [7, 11) is 1.36. The van der Waals surface area contributed by atoms with Gasteiger partial charge in [-0.05, 0) is 44.4 Å². The highest BCUT2D eigenvalue weighted by molar-refractivity contribution is 8.01. The van der Waals surface area contributed by atoms with Crippen molar-refractivity contribution in [3.8, 4) is 0 Å². The molecule has 2 aliphatic rings. The molecule has 0 aromatic carbocycles. The Hall–Kier alpha value is -0.950. The first-order valence-electron chi connectivity index (χ1n) is 10.3. The molecule has 4 unspecified atom stereocenters. The molecule has 28 heavy (non-hydrogen) atoms. The molecule has 0 aromatic rings. The van der Waals surface area contributed by atoms with Crippen molar-refractivity contribution in [1.29, 1.82) is 0 Å². The van der Waals surface area contributed by atoms with Gasteiger partial charge in [-0.2, -0.15) is 0 Å². The zero-order valence-corrected chi connectivity index (χ0v) is 17.6. The molecule has 2 rings (SSSR count). The monoisotopic (exact) mass is 418 g/mol. The average molecular weight is 419 g/mol. The number of carbonyl (C=O) groups excluding carboxylic acids is 2. The van der Waals surface area contributed by atoms with Crippen LogP contribution in [0.4, 0.5) is 8.78 Å². The van der Waals surface area contributed by atoms with Gasteiger partial charge in [-0.1, -0.05) is 25.5 Å². The summed E-state index contributed by atoms with van der Waals surface area (Å²) in [5.74, 6) is -3.34. The molecular weight excluding hydrogens is 386 g/mol. The van der Waals surface area contributed by atoms with E-state index in [9.17, 15) is 23.5 Å². The molecule has 2 fully saturated rings. The zero-order valence-electron chi connectivity index (χ0n) is 16.8. The van der Waals surface area contributed by atoms with Crippen LogP contribution in [0.1, 0.15) is 71.1 Å². The van der Waals surface area contributed by atoms with Crippen molar-refractivity contribution in [2.24, 2.45) is 11.8 Å². The lowest BCUT2D eigenvalue weighted by Gasteiger charge is -2.43. The maximum atomic E-state index is 14.5. The summed E-state index contributed by atoms with van der Waals surface area (Å²) < 4.78 is 33.7. The number of ether oxygens (including phenoxy) is 1. The molecule has 0 bridgehead atoms. The van der Waals surface area contributed by atoms with E-state index in [2.05, 4.69) is 4.74 Å².